The Morgan fingerprint density at radius 1 is 1.28 bits per heavy atom. The molecule has 2 heterocycles. The van der Waals surface area contributed by atoms with Crippen LogP contribution in [0.1, 0.15) is 31.2 Å². The second-order valence-electron chi connectivity index (χ2n) is 5.44. The fraction of sp³-hybridized carbons (Fsp3) is 0.571. The van der Waals surface area contributed by atoms with Crippen molar-refractivity contribution in [3.63, 3.8) is 0 Å². The minimum absolute atomic E-state index is 0.499. The van der Waals surface area contributed by atoms with E-state index in [2.05, 4.69) is 4.90 Å². The number of aliphatic hydroxyl groups is 1. The SMILES string of the molecule is OC1(c2cc(Cl)ccc2Cl)CCN2CCCC2C1. The summed E-state index contributed by atoms with van der Waals surface area (Å²) in [6, 6.07) is 5.85. The van der Waals surface area contributed by atoms with Gasteiger partial charge in [-0.1, -0.05) is 23.2 Å². The topological polar surface area (TPSA) is 23.5 Å². The Hall–Kier alpha value is -0.280. The first kappa shape index (κ1) is 12.7. The van der Waals surface area contributed by atoms with Gasteiger partial charge in [0.05, 0.1) is 5.60 Å². The fourth-order valence-corrected chi connectivity index (χ4v) is 3.81. The van der Waals surface area contributed by atoms with Crippen LogP contribution in [0.15, 0.2) is 18.2 Å². The van der Waals surface area contributed by atoms with Crippen molar-refractivity contribution in [3.05, 3.63) is 33.8 Å². The van der Waals surface area contributed by atoms with Crippen molar-refractivity contribution in [2.45, 2.75) is 37.3 Å². The van der Waals surface area contributed by atoms with Crippen molar-refractivity contribution in [1.82, 2.24) is 4.90 Å². The molecule has 2 nitrogen and oxygen atoms in total. The summed E-state index contributed by atoms with van der Waals surface area (Å²) in [6.07, 6.45) is 3.93. The number of piperidine rings is 1. The molecule has 2 unspecified atom stereocenters. The standard InChI is InChI=1S/C14H17Cl2NO/c15-10-3-4-13(16)12(8-10)14(18)5-7-17-6-1-2-11(17)9-14/h3-4,8,11,18H,1-2,5-7,9H2. The average molecular weight is 286 g/mol. The summed E-state index contributed by atoms with van der Waals surface area (Å²) in [5.74, 6) is 0. The molecule has 2 saturated heterocycles. The first-order valence-electron chi connectivity index (χ1n) is 6.50. The molecule has 2 aliphatic heterocycles. The molecule has 0 amide bonds. The van der Waals surface area contributed by atoms with E-state index < -0.39 is 5.60 Å². The summed E-state index contributed by atoms with van der Waals surface area (Å²) in [5.41, 5.74) is -0.0174. The van der Waals surface area contributed by atoms with Gasteiger partial charge in [-0.15, -0.1) is 0 Å². The quantitative estimate of drug-likeness (QED) is 0.855. The van der Waals surface area contributed by atoms with Crippen LogP contribution in [0.5, 0.6) is 0 Å². The van der Waals surface area contributed by atoms with E-state index in [4.69, 9.17) is 23.2 Å². The third-order valence-electron chi connectivity index (χ3n) is 4.31. The van der Waals surface area contributed by atoms with Gasteiger partial charge in [0, 0.05) is 28.2 Å². The second kappa shape index (κ2) is 4.68. The third kappa shape index (κ3) is 2.16. The molecular weight excluding hydrogens is 269 g/mol. The Morgan fingerprint density at radius 3 is 2.94 bits per heavy atom. The Bertz CT molecular complexity index is 465. The Balaban J connectivity index is 1.92. The molecule has 4 heteroatoms. The first-order valence-corrected chi connectivity index (χ1v) is 7.26. The highest BCUT2D eigenvalue weighted by Crippen LogP contribution is 2.42. The van der Waals surface area contributed by atoms with Crippen molar-refractivity contribution in [3.8, 4) is 0 Å². The van der Waals surface area contributed by atoms with Gasteiger partial charge in [-0.2, -0.15) is 0 Å². The van der Waals surface area contributed by atoms with E-state index in [0.717, 1.165) is 24.9 Å². The molecule has 2 fully saturated rings. The molecule has 1 aromatic carbocycles. The molecule has 0 saturated carbocycles. The van der Waals surface area contributed by atoms with Gasteiger partial charge in [0.2, 0.25) is 0 Å². The molecule has 1 aromatic rings. The van der Waals surface area contributed by atoms with Crippen LogP contribution < -0.4 is 0 Å². The zero-order valence-corrected chi connectivity index (χ0v) is 11.7. The van der Waals surface area contributed by atoms with E-state index in [1.54, 1.807) is 12.1 Å². The third-order valence-corrected chi connectivity index (χ3v) is 4.88. The minimum Gasteiger partial charge on any atom is -0.385 e. The molecule has 0 aromatic heterocycles. The summed E-state index contributed by atoms with van der Waals surface area (Å²) in [4.78, 5) is 2.48. The van der Waals surface area contributed by atoms with Gasteiger partial charge in [0.25, 0.3) is 0 Å². The number of nitrogens with zero attached hydrogens (tertiary/aromatic N) is 1. The predicted octanol–water partition coefficient (Wildman–Crippen LogP) is 3.44. The molecule has 2 aliphatic rings. The molecule has 0 bridgehead atoms. The summed E-state index contributed by atoms with van der Waals surface area (Å²) in [6.45, 7) is 2.12. The average Bonchev–Trinajstić information content (AvgIpc) is 2.79. The van der Waals surface area contributed by atoms with Gasteiger partial charge in [-0.05, 0) is 50.4 Å². The Labute approximate surface area is 117 Å². The van der Waals surface area contributed by atoms with Crippen molar-refractivity contribution in [2.75, 3.05) is 13.1 Å². The summed E-state index contributed by atoms with van der Waals surface area (Å²) in [5, 5.41) is 12.2. The predicted molar refractivity (Wildman–Crippen MR) is 74.2 cm³/mol. The Morgan fingerprint density at radius 2 is 2.11 bits per heavy atom. The zero-order chi connectivity index (χ0) is 12.8. The summed E-state index contributed by atoms with van der Waals surface area (Å²) < 4.78 is 0. The molecule has 2 atom stereocenters. The van der Waals surface area contributed by atoms with Gasteiger partial charge >= 0.3 is 0 Å². The maximum Gasteiger partial charge on any atom is 0.0938 e. The monoisotopic (exact) mass is 285 g/mol. The molecule has 0 radical (unpaired) electrons. The van der Waals surface area contributed by atoms with E-state index in [1.165, 1.54) is 19.4 Å². The number of rotatable bonds is 1. The van der Waals surface area contributed by atoms with Crippen LogP contribution in [0.4, 0.5) is 0 Å². The van der Waals surface area contributed by atoms with Crippen LogP contribution in [-0.2, 0) is 5.60 Å². The van der Waals surface area contributed by atoms with Crippen LogP contribution in [0.3, 0.4) is 0 Å². The molecule has 0 spiro atoms. The van der Waals surface area contributed by atoms with Crippen molar-refractivity contribution >= 4 is 23.2 Å². The largest absolute Gasteiger partial charge is 0.385 e. The van der Waals surface area contributed by atoms with Crippen molar-refractivity contribution in [2.24, 2.45) is 0 Å². The normalized spacial score (nSPS) is 32.5. The lowest BCUT2D eigenvalue weighted by molar-refractivity contribution is -0.0408. The fourth-order valence-electron chi connectivity index (χ4n) is 3.34. The van der Waals surface area contributed by atoms with Gasteiger partial charge in [-0.25, -0.2) is 0 Å². The van der Waals surface area contributed by atoms with Crippen molar-refractivity contribution < 1.29 is 5.11 Å². The van der Waals surface area contributed by atoms with Crippen LogP contribution in [0.25, 0.3) is 0 Å². The lowest BCUT2D eigenvalue weighted by atomic mass is 9.81. The molecule has 3 rings (SSSR count). The highest BCUT2D eigenvalue weighted by atomic mass is 35.5. The second-order valence-corrected chi connectivity index (χ2v) is 6.29. The molecule has 18 heavy (non-hydrogen) atoms. The van der Waals surface area contributed by atoms with Crippen LogP contribution in [0.2, 0.25) is 10.0 Å². The summed E-state index contributed by atoms with van der Waals surface area (Å²) in [7, 11) is 0. The van der Waals surface area contributed by atoms with Gasteiger partial charge in [-0.3, -0.25) is 0 Å². The smallest absolute Gasteiger partial charge is 0.0938 e. The maximum absolute atomic E-state index is 10.9. The zero-order valence-electron chi connectivity index (χ0n) is 10.2. The number of halogens is 2. The molecular formula is C14H17Cl2NO. The number of hydrogen-bond donors (Lipinski definition) is 1. The van der Waals surface area contributed by atoms with Crippen LogP contribution in [-0.4, -0.2) is 29.1 Å². The van der Waals surface area contributed by atoms with Crippen LogP contribution >= 0.6 is 23.2 Å². The summed E-state index contributed by atoms with van der Waals surface area (Å²) >= 11 is 12.3. The maximum atomic E-state index is 10.9. The van der Waals surface area contributed by atoms with E-state index in [1.807, 2.05) is 6.07 Å². The number of fused-ring (bicyclic) bond motifs is 1. The van der Waals surface area contributed by atoms with Gasteiger partial charge in [0.1, 0.15) is 0 Å². The lowest BCUT2D eigenvalue weighted by Crippen LogP contribution is -2.46. The van der Waals surface area contributed by atoms with Crippen LogP contribution in [0, 0.1) is 0 Å². The molecule has 98 valence electrons. The van der Waals surface area contributed by atoms with E-state index in [9.17, 15) is 5.11 Å². The number of hydrogen-bond acceptors (Lipinski definition) is 2. The van der Waals surface area contributed by atoms with Gasteiger partial charge in [0.15, 0.2) is 0 Å². The van der Waals surface area contributed by atoms with Crippen molar-refractivity contribution in [1.29, 1.82) is 0 Å². The highest BCUT2D eigenvalue weighted by Gasteiger charge is 2.42. The van der Waals surface area contributed by atoms with E-state index >= 15 is 0 Å². The Kier molecular flexibility index (Phi) is 3.31. The van der Waals surface area contributed by atoms with E-state index in [0.29, 0.717) is 16.1 Å². The minimum atomic E-state index is -0.812. The lowest BCUT2D eigenvalue weighted by Gasteiger charge is -2.41. The molecule has 1 N–H and O–H groups in total. The van der Waals surface area contributed by atoms with Gasteiger partial charge < -0.3 is 10.0 Å². The highest BCUT2D eigenvalue weighted by molar-refractivity contribution is 6.33. The number of benzene rings is 1. The first-order chi connectivity index (χ1) is 8.58. The van der Waals surface area contributed by atoms with E-state index in [-0.39, 0.29) is 0 Å². The molecule has 0 aliphatic carbocycles.